The zero-order valence-corrected chi connectivity index (χ0v) is 27.4. The minimum atomic E-state index is -1.75. The van der Waals surface area contributed by atoms with Crippen LogP contribution in [0.4, 0.5) is 0 Å². The second-order valence-electron chi connectivity index (χ2n) is 11.1. The van der Waals surface area contributed by atoms with Gasteiger partial charge in [0.15, 0.2) is 5.96 Å². The van der Waals surface area contributed by atoms with E-state index in [0.717, 1.165) is 6.92 Å². The van der Waals surface area contributed by atoms with E-state index in [2.05, 4.69) is 31.6 Å². The van der Waals surface area contributed by atoms with Crippen molar-refractivity contribution >= 4 is 59.3 Å². The Morgan fingerprint density at radius 3 is 1.58 bits per heavy atom. The van der Waals surface area contributed by atoms with Crippen LogP contribution in [0.3, 0.4) is 0 Å². The van der Waals surface area contributed by atoms with Gasteiger partial charge in [0.05, 0.1) is 12.5 Å². The molecule has 0 aliphatic rings. The summed E-state index contributed by atoms with van der Waals surface area (Å²) in [5, 5.41) is 48.3. The van der Waals surface area contributed by atoms with Crippen molar-refractivity contribution in [3.8, 4) is 0 Å². The molecule has 282 valence electrons. The quantitative estimate of drug-likeness (QED) is 0.0251. The van der Waals surface area contributed by atoms with Crippen molar-refractivity contribution in [2.24, 2.45) is 27.9 Å². The second kappa shape index (κ2) is 22.1. The lowest BCUT2D eigenvalue weighted by atomic mass is 10.1. The van der Waals surface area contributed by atoms with Crippen LogP contribution in [0.5, 0.6) is 0 Å². The van der Waals surface area contributed by atoms with Gasteiger partial charge in [-0.25, -0.2) is 4.79 Å². The standard InChI is InChI=1S/C27H46N10O13/c1-11(33-24(47)16(10-19(42)43)37-25(48)20(29)12(2)38)21(44)34-14(6-8-18(40)41)23(46)35-13(4-3-9-32-27(30)31)22(45)36-15(26(49)50)5-7-17(28)39/h11-16,20,38H,3-10,29H2,1-2H3,(H2,28,39)(H,33,47)(H,34,44)(H,35,46)(H,36,45)(H,37,48)(H,40,41)(H,42,43)(H,49,50)(H4,30,31,32). The molecule has 0 aromatic heterocycles. The van der Waals surface area contributed by atoms with Crippen molar-refractivity contribution < 1.29 is 63.6 Å². The molecule has 0 fully saturated rings. The van der Waals surface area contributed by atoms with Gasteiger partial charge in [0.25, 0.3) is 0 Å². The number of carboxylic acid groups (broad SMARTS) is 3. The molecule has 23 nitrogen and oxygen atoms in total. The van der Waals surface area contributed by atoms with Crippen LogP contribution in [-0.2, 0) is 43.2 Å². The highest BCUT2D eigenvalue weighted by Crippen LogP contribution is 2.06. The molecule has 0 saturated heterocycles. The zero-order chi connectivity index (χ0) is 38.7. The molecule has 0 aromatic rings. The number of hydrogen-bond donors (Lipinski definition) is 13. The van der Waals surface area contributed by atoms with Crippen LogP contribution in [-0.4, -0.2) is 129 Å². The third-order valence-electron chi connectivity index (χ3n) is 6.74. The molecule has 7 atom stereocenters. The van der Waals surface area contributed by atoms with Gasteiger partial charge in [0.2, 0.25) is 35.4 Å². The molecule has 23 heteroatoms. The number of aliphatic hydroxyl groups is 1. The van der Waals surface area contributed by atoms with E-state index in [1.807, 2.05) is 0 Å². The highest BCUT2D eigenvalue weighted by molar-refractivity contribution is 5.97. The van der Waals surface area contributed by atoms with Gasteiger partial charge in [-0.1, -0.05) is 0 Å². The maximum Gasteiger partial charge on any atom is 0.326 e. The van der Waals surface area contributed by atoms with Crippen LogP contribution >= 0.6 is 0 Å². The number of aliphatic carboxylic acids is 3. The van der Waals surface area contributed by atoms with E-state index < -0.39 is 121 Å². The van der Waals surface area contributed by atoms with Crippen molar-refractivity contribution in [3.63, 3.8) is 0 Å². The first-order chi connectivity index (χ1) is 23.2. The molecular weight excluding hydrogens is 672 g/mol. The molecule has 7 unspecified atom stereocenters. The van der Waals surface area contributed by atoms with Crippen molar-refractivity contribution in [3.05, 3.63) is 0 Å². The number of amides is 6. The first-order valence-electron chi connectivity index (χ1n) is 15.1. The van der Waals surface area contributed by atoms with Crippen molar-refractivity contribution in [1.29, 1.82) is 0 Å². The fraction of sp³-hybridized carbons (Fsp3) is 0.630. The molecular formula is C27H46N10O13. The topological polar surface area (TPSA) is 411 Å². The molecule has 0 saturated carbocycles. The van der Waals surface area contributed by atoms with E-state index >= 15 is 0 Å². The van der Waals surface area contributed by atoms with Crippen LogP contribution in [0.2, 0.25) is 0 Å². The van der Waals surface area contributed by atoms with Crippen LogP contribution in [0.25, 0.3) is 0 Å². The van der Waals surface area contributed by atoms with Gasteiger partial charge in [0, 0.05) is 19.4 Å². The summed E-state index contributed by atoms with van der Waals surface area (Å²) in [6.07, 6.45) is -4.37. The maximum absolute atomic E-state index is 13.3. The lowest BCUT2D eigenvalue weighted by molar-refractivity contribution is -0.143. The highest BCUT2D eigenvalue weighted by Gasteiger charge is 2.33. The lowest BCUT2D eigenvalue weighted by Gasteiger charge is -2.26. The van der Waals surface area contributed by atoms with Gasteiger partial charge < -0.3 is 69.9 Å². The summed E-state index contributed by atoms with van der Waals surface area (Å²) in [5.74, 6) is -10.9. The molecule has 0 radical (unpaired) electrons. The Kier molecular flexibility index (Phi) is 19.7. The average molecular weight is 719 g/mol. The summed E-state index contributed by atoms with van der Waals surface area (Å²) in [6.45, 7) is 2.29. The number of nitrogens with one attached hydrogen (secondary N) is 5. The number of guanidine groups is 1. The number of carbonyl (C=O) groups is 9. The van der Waals surface area contributed by atoms with E-state index in [4.69, 9.17) is 22.9 Å². The van der Waals surface area contributed by atoms with Gasteiger partial charge in [-0.05, 0) is 39.5 Å². The minimum absolute atomic E-state index is 0.0172. The number of nitrogens with zero attached hydrogens (tertiary/aromatic N) is 1. The van der Waals surface area contributed by atoms with E-state index in [0.29, 0.717) is 0 Å². The van der Waals surface area contributed by atoms with Gasteiger partial charge in [-0.3, -0.25) is 43.3 Å². The third-order valence-corrected chi connectivity index (χ3v) is 6.74. The number of carboxylic acids is 3. The number of hydrogen-bond acceptors (Lipinski definition) is 12. The van der Waals surface area contributed by atoms with Gasteiger partial charge in [0.1, 0.15) is 36.3 Å². The van der Waals surface area contributed by atoms with E-state index in [9.17, 15) is 63.6 Å². The summed E-state index contributed by atoms with van der Waals surface area (Å²) in [4.78, 5) is 114. The molecule has 0 heterocycles. The first kappa shape index (κ1) is 44.4. The Bertz CT molecular complexity index is 1290. The molecule has 0 spiro atoms. The van der Waals surface area contributed by atoms with Gasteiger partial charge in [-0.2, -0.15) is 0 Å². The normalized spacial score (nSPS) is 14.9. The number of aliphatic imine (C=N–C) groups is 1. The van der Waals surface area contributed by atoms with Crippen molar-refractivity contribution in [2.75, 3.05) is 6.54 Å². The summed E-state index contributed by atoms with van der Waals surface area (Å²) in [7, 11) is 0. The minimum Gasteiger partial charge on any atom is -0.481 e. The molecule has 0 rings (SSSR count). The average Bonchev–Trinajstić information content (AvgIpc) is 3.00. The third kappa shape index (κ3) is 18.1. The summed E-state index contributed by atoms with van der Waals surface area (Å²) in [5.41, 5.74) is 21.2. The Morgan fingerprint density at radius 1 is 0.620 bits per heavy atom. The van der Waals surface area contributed by atoms with Crippen molar-refractivity contribution in [1.82, 2.24) is 26.6 Å². The fourth-order valence-electron chi connectivity index (χ4n) is 3.94. The lowest BCUT2D eigenvalue weighted by Crippen LogP contribution is -2.59. The fourth-order valence-corrected chi connectivity index (χ4v) is 3.94. The van der Waals surface area contributed by atoms with Crippen molar-refractivity contribution in [2.45, 2.75) is 101 Å². The van der Waals surface area contributed by atoms with E-state index in [1.165, 1.54) is 6.92 Å². The molecule has 0 aliphatic carbocycles. The van der Waals surface area contributed by atoms with Crippen LogP contribution in [0.15, 0.2) is 4.99 Å². The molecule has 6 amide bonds. The van der Waals surface area contributed by atoms with E-state index in [-0.39, 0.29) is 31.8 Å². The summed E-state index contributed by atoms with van der Waals surface area (Å²) < 4.78 is 0. The Hall–Kier alpha value is -5.58. The number of primary amides is 1. The van der Waals surface area contributed by atoms with Crippen LogP contribution in [0, 0.1) is 0 Å². The van der Waals surface area contributed by atoms with Crippen LogP contribution in [0.1, 0.15) is 58.8 Å². The monoisotopic (exact) mass is 718 g/mol. The first-order valence-corrected chi connectivity index (χ1v) is 15.1. The van der Waals surface area contributed by atoms with E-state index in [1.54, 1.807) is 0 Å². The number of carbonyl (C=O) groups excluding carboxylic acids is 6. The predicted octanol–water partition coefficient (Wildman–Crippen LogP) is -6.12. The molecule has 0 aliphatic heterocycles. The summed E-state index contributed by atoms with van der Waals surface area (Å²) >= 11 is 0. The molecule has 17 N–H and O–H groups in total. The highest BCUT2D eigenvalue weighted by atomic mass is 16.4. The molecule has 0 aromatic carbocycles. The smallest absolute Gasteiger partial charge is 0.326 e. The number of nitrogens with two attached hydrogens (primary N) is 4. The van der Waals surface area contributed by atoms with Crippen LogP contribution < -0.4 is 49.5 Å². The summed E-state index contributed by atoms with van der Waals surface area (Å²) in [6, 6.07) is -9.49. The molecule has 0 bridgehead atoms. The molecule has 50 heavy (non-hydrogen) atoms. The Morgan fingerprint density at radius 2 is 1.10 bits per heavy atom. The Labute approximate surface area is 285 Å². The predicted molar refractivity (Wildman–Crippen MR) is 170 cm³/mol. The maximum atomic E-state index is 13.3. The van der Waals surface area contributed by atoms with Gasteiger partial charge >= 0.3 is 17.9 Å². The largest absolute Gasteiger partial charge is 0.481 e. The SMILES string of the molecule is CC(NC(=O)C(CC(=O)O)NC(=O)C(N)C(C)O)C(=O)NC(CCC(=O)O)C(=O)NC(CCCN=C(N)N)C(=O)NC(CCC(N)=O)C(=O)O. The Balaban J connectivity index is 6.02. The zero-order valence-electron chi connectivity index (χ0n) is 27.4. The second-order valence-corrected chi connectivity index (χ2v) is 11.1. The number of aliphatic hydroxyl groups excluding tert-OH is 1. The number of rotatable bonds is 24. The van der Waals surface area contributed by atoms with Gasteiger partial charge in [-0.15, -0.1) is 0 Å².